The molecule has 0 saturated carbocycles. The molecule has 299 valence electrons. The fourth-order valence-electron chi connectivity index (χ4n) is 7.41. The van der Waals surface area contributed by atoms with E-state index < -0.39 is 20.1 Å². The molecule has 4 heterocycles. The first-order valence-electron chi connectivity index (χ1n) is 23.7. The van der Waals surface area contributed by atoms with Crippen LogP contribution in [0.4, 0.5) is 0 Å². The van der Waals surface area contributed by atoms with Crippen LogP contribution in [0.1, 0.15) is 92.3 Å². The van der Waals surface area contributed by atoms with Gasteiger partial charge < -0.3 is 14.0 Å². The van der Waals surface area contributed by atoms with Crippen LogP contribution in [0.5, 0.6) is 0 Å². The van der Waals surface area contributed by atoms with Crippen molar-refractivity contribution in [3.63, 3.8) is 0 Å². The zero-order chi connectivity index (χ0) is 47.3. The molecule has 0 aliphatic carbocycles. The molecule has 0 spiro atoms. The van der Waals surface area contributed by atoms with E-state index in [2.05, 4.69) is 96.8 Å². The number of para-hydroxylation sites is 2. The van der Waals surface area contributed by atoms with Gasteiger partial charge in [0.05, 0.1) is 22.4 Å². The molecule has 6 heteroatoms. The maximum absolute atomic E-state index is 8.28. The molecule has 0 saturated heterocycles. The standard InChI is InChI=1S/C37H32N3O.C16H18N.Ir/c1-22(2)30-20-26(25-12-7-6-8-13-25)21-31(23(3)4)34(30)40-33-17-10-9-16-32(33)39-36(40)29-15-11-14-27-28-19-18-24(5)38-37(28)41-35(27)29;1-12(2)9-15-10-16(17-11-13(15)3)14-7-5-4-6-8-14;/h6-14,16-23H,1-5H3;4-7,10-12H,9H2,1-3H3;/q2*-1;/i5D3;3D3,9D2;. The zero-order valence-electron chi connectivity index (χ0n) is 41.9. The average molecular weight is 959 g/mol. The Morgan fingerprint density at radius 3 is 2.17 bits per heavy atom. The molecule has 0 aliphatic rings. The first-order chi connectivity index (χ1) is 31.3. The van der Waals surface area contributed by atoms with E-state index in [1.807, 2.05) is 54.6 Å². The third kappa shape index (κ3) is 8.44. The first kappa shape index (κ1) is 32.2. The number of pyridine rings is 2. The Morgan fingerprint density at radius 1 is 0.729 bits per heavy atom. The molecule has 4 aromatic heterocycles. The fraction of sp³-hybridized carbons (Fsp3) is 0.226. The third-order valence-electron chi connectivity index (χ3n) is 10.2. The second-order valence-corrected chi connectivity index (χ2v) is 15.4. The van der Waals surface area contributed by atoms with Crippen LogP contribution in [0.15, 0.2) is 132 Å². The van der Waals surface area contributed by atoms with Gasteiger partial charge >= 0.3 is 0 Å². The van der Waals surface area contributed by atoms with Crippen molar-refractivity contribution >= 4 is 33.1 Å². The van der Waals surface area contributed by atoms with E-state index >= 15 is 0 Å². The maximum atomic E-state index is 8.28. The van der Waals surface area contributed by atoms with E-state index in [4.69, 9.17) is 20.4 Å². The van der Waals surface area contributed by atoms with Crippen LogP contribution in [0.3, 0.4) is 0 Å². The number of nitrogens with zero attached hydrogens (tertiary/aromatic N) is 4. The Labute approximate surface area is 373 Å². The zero-order valence-corrected chi connectivity index (χ0v) is 36.3. The monoisotopic (exact) mass is 959 g/mol. The van der Waals surface area contributed by atoms with Crippen LogP contribution in [0, 0.1) is 31.8 Å². The van der Waals surface area contributed by atoms with Gasteiger partial charge in [0.25, 0.3) is 0 Å². The van der Waals surface area contributed by atoms with Crippen LogP contribution in [-0.2, 0) is 26.5 Å². The van der Waals surface area contributed by atoms with Crippen LogP contribution in [-0.4, -0.2) is 19.5 Å². The number of furan rings is 1. The summed E-state index contributed by atoms with van der Waals surface area (Å²) in [5.74, 6) is 0.814. The van der Waals surface area contributed by atoms with Gasteiger partial charge in [-0.1, -0.05) is 107 Å². The van der Waals surface area contributed by atoms with Crippen molar-refractivity contribution in [2.45, 2.75) is 73.5 Å². The maximum Gasteiger partial charge on any atom is 0.216 e. The SMILES string of the molecule is [2H]C([2H])([2H])c1ccc2c(n1)oc1c(-c3nc4ccccc4n3-c3c(C(C)C)cc(-c4ccccc4)cc3C(C)C)[c-]ccc12.[2H]C([2H])([2H])c1cnc(-c2[c-]cccc2)cc1C([2H])([2H])C(C)C.[Ir]. The number of hydrogen-bond donors (Lipinski definition) is 0. The summed E-state index contributed by atoms with van der Waals surface area (Å²) in [6.45, 7) is 7.67. The van der Waals surface area contributed by atoms with Gasteiger partial charge in [0.1, 0.15) is 0 Å². The Morgan fingerprint density at radius 2 is 1.47 bits per heavy atom. The summed E-state index contributed by atoms with van der Waals surface area (Å²) >= 11 is 0. The predicted molar refractivity (Wildman–Crippen MR) is 241 cm³/mol. The summed E-state index contributed by atoms with van der Waals surface area (Å²) in [5, 5.41) is 1.59. The van der Waals surface area contributed by atoms with Crippen molar-refractivity contribution in [1.29, 1.82) is 0 Å². The van der Waals surface area contributed by atoms with Crippen LogP contribution < -0.4 is 0 Å². The summed E-state index contributed by atoms with van der Waals surface area (Å²) in [6.07, 6.45) is -0.491. The summed E-state index contributed by atoms with van der Waals surface area (Å²) in [5.41, 5.74) is 10.7. The number of rotatable bonds is 8. The van der Waals surface area contributed by atoms with E-state index in [0.29, 0.717) is 28.2 Å². The van der Waals surface area contributed by atoms with Crippen molar-refractivity contribution in [1.82, 2.24) is 19.5 Å². The van der Waals surface area contributed by atoms with Gasteiger partial charge in [-0.3, -0.25) is 4.98 Å². The van der Waals surface area contributed by atoms with Gasteiger partial charge in [-0.05, 0) is 108 Å². The Kier molecular flexibility index (Phi) is 9.64. The molecule has 0 atom stereocenters. The summed E-state index contributed by atoms with van der Waals surface area (Å²) in [6, 6.07) is 45.6. The van der Waals surface area contributed by atoms with Crippen LogP contribution >= 0.6 is 0 Å². The van der Waals surface area contributed by atoms with Crippen molar-refractivity contribution in [3.8, 4) is 39.5 Å². The number of imidazole rings is 1. The minimum Gasteiger partial charge on any atom is -0.486 e. The number of hydrogen-bond acceptors (Lipinski definition) is 4. The second kappa shape index (κ2) is 17.7. The van der Waals surface area contributed by atoms with Crippen LogP contribution in [0.2, 0.25) is 0 Å². The largest absolute Gasteiger partial charge is 0.486 e. The van der Waals surface area contributed by atoms with E-state index in [1.54, 1.807) is 32.0 Å². The fourth-order valence-corrected chi connectivity index (χ4v) is 7.41. The molecule has 5 aromatic carbocycles. The summed E-state index contributed by atoms with van der Waals surface area (Å²) in [4.78, 5) is 13.8. The minimum atomic E-state index is -2.40. The molecule has 59 heavy (non-hydrogen) atoms. The van der Waals surface area contributed by atoms with Crippen molar-refractivity contribution < 1.29 is 35.5 Å². The van der Waals surface area contributed by atoms with Gasteiger partial charge in [0.2, 0.25) is 5.71 Å². The van der Waals surface area contributed by atoms with Gasteiger partial charge in [-0.25, -0.2) is 4.98 Å². The van der Waals surface area contributed by atoms with Gasteiger partial charge in [-0.2, -0.15) is 0 Å². The summed E-state index contributed by atoms with van der Waals surface area (Å²) < 4.78 is 71.6. The third-order valence-corrected chi connectivity index (χ3v) is 10.2. The smallest absolute Gasteiger partial charge is 0.216 e. The second-order valence-electron chi connectivity index (χ2n) is 15.4. The first-order valence-corrected chi connectivity index (χ1v) is 19.7. The number of benzene rings is 5. The molecule has 0 unspecified atom stereocenters. The molecular formula is C53H50IrN4O-2. The van der Waals surface area contributed by atoms with Gasteiger partial charge in [0, 0.05) is 54.0 Å². The molecule has 5 nitrogen and oxygen atoms in total. The van der Waals surface area contributed by atoms with Gasteiger partial charge in [0.15, 0.2) is 0 Å². The number of aryl methyl sites for hydroxylation is 2. The molecule has 9 rings (SSSR count). The van der Waals surface area contributed by atoms with E-state index in [0.717, 1.165) is 27.5 Å². The van der Waals surface area contributed by atoms with E-state index in [1.165, 1.54) is 34.5 Å². The molecule has 0 N–H and O–H groups in total. The van der Waals surface area contributed by atoms with Gasteiger partial charge in [-0.15, -0.1) is 54.1 Å². The molecule has 0 aliphatic heterocycles. The van der Waals surface area contributed by atoms with E-state index in [-0.39, 0.29) is 60.4 Å². The minimum absolute atomic E-state index is 0. The van der Waals surface area contributed by atoms with Crippen molar-refractivity contribution in [2.75, 3.05) is 0 Å². The number of fused-ring (bicyclic) bond motifs is 4. The van der Waals surface area contributed by atoms with Crippen LogP contribution in [0.25, 0.3) is 72.6 Å². The Bertz CT molecular complexity index is 3160. The number of aromatic nitrogens is 4. The van der Waals surface area contributed by atoms with E-state index in [9.17, 15) is 0 Å². The quantitative estimate of drug-likeness (QED) is 0.142. The Balaban J connectivity index is 0.000000245. The molecule has 1 radical (unpaired) electrons. The normalized spacial score (nSPS) is 14.1. The Hall–Kier alpha value is -5.68. The molecular weight excluding hydrogens is 901 g/mol. The van der Waals surface area contributed by atoms with Crippen molar-refractivity contribution in [2.24, 2.45) is 5.92 Å². The van der Waals surface area contributed by atoms with Crippen molar-refractivity contribution in [3.05, 3.63) is 168 Å². The molecule has 0 bridgehead atoms. The average Bonchev–Trinajstić information content (AvgIpc) is 3.87. The summed E-state index contributed by atoms with van der Waals surface area (Å²) in [7, 11) is 0. The topological polar surface area (TPSA) is 56.7 Å². The predicted octanol–water partition coefficient (Wildman–Crippen LogP) is 14.1. The molecule has 0 fully saturated rings. The molecule has 9 aromatic rings. The molecule has 0 amide bonds.